The Kier molecular flexibility index (Phi) is 6.69. The Morgan fingerprint density at radius 1 is 1.07 bits per heavy atom. The van der Waals surface area contributed by atoms with Crippen LogP contribution in [0.1, 0.15) is 21.6 Å². The number of aromatic nitrogens is 4. The number of piperazine rings is 1. The van der Waals surface area contributed by atoms with Gasteiger partial charge in [0.2, 0.25) is 5.95 Å². The second kappa shape index (κ2) is 9.23. The van der Waals surface area contributed by atoms with Crippen molar-refractivity contribution in [3.8, 4) is 11.4 Å². The summed E-state index contributed by atoms with van der Waals surface area (Å²) < 4.78 is 1.62. The highest BCUT2D eigenvalue weighted by Crippen LogP contribution is 2.21. The van der Waals surface area contributed by atoms with Crippen molar-refractivity contribution in [2.24, 2.45) is 7.05 Å². The lowest BCUT2D eigenvalue weighted by Gasteiger charge is -2.27. The summed E-state index contributed by atoms with van der Waals surface area (Å²) in [6.07, 6.45) is 1.69. The molecule has 1 fully saturated rings. The van der Waals surface area contributed by atoms with E-state index in [0.29, 0.717) is 36.1 Å². The summed E-state index contributed by atoms with van der Waals surface area (Å²) in [5.74, 6) is 0.489. The van der Waals surface area contributed by atoms with Gasteiger partial charge in [-0.15, -0.1) is 12.4 Å². The molecule has 0 unspecified atom stereocenters. The summed E-state index contributed by atoms with van der Waals surface area (Å²) in [4.78, 5) is 23.6. The Balaban J connectivity index is 0.00000256. The molecule has 8 nitrogen and oxygen atoms in total. The monoisotopic (exact) mass is 427 g/mol. The lowest BCUT2D eigenvalue weighted by atomic mass is 10.1. The number of benzene rings is 1. The molecule has 1 aliphatic heterocycles. The van der Waals surface area contributed by atoms with Gasteiger partial charge in [-0.1, -0.05) is 6.07 Å². The molecule has 0 atom stereocenters. The first-order valence-corrected chi connectivity index (χ1v) is 9.72. The lowest BCUT2D eigenvalue weighted by molar-refractivity contribution is 0.0724. The molecule has 9 heteroatoms. The number of carbonyl (C=O) groups excluding carboxylic acids is 1. The number of aryl methyl sites for hydroxylation is 3. The zero-order valence-electron chi connectivity index (χ0n) is 17.3. The van der Waals surface area contributed by atoms with E-state index in [1.807, 2.05) is 17.0 Å². The van der Waals surface area contributed by atoms with Gasteiger partial charge in [0.1, 0.15) is 11.4 Å². The predicted molar refractivity (Wildman–Crippen MR) is 119 cm³/mol. The molecule has 1 saturated heterocycles. The lowest BCUT2D eigenvalue weighted by Crippen LogP contribution is -2.46. The van der Waals surface area contributed by atoms with Crippen molar-refractivity contribution >= 4 is 29.9 Å². The number of hydrogen-bond donors (Lipinski definition) is 2. The number of carbonyl (C=O) groups is 1. The Labute approximate surface area is 182 Å². The van der Waals surface area contributed by atoms with Gasteiger partial charge in [-0.25, -0.2) is 9.97 Å². The van der Waals surface area contributed by atoms with Crippen molar-refractivity contribution in [1.82, 2.24) is 30.0 Å². The fraction of sp³-hybridized carbons (Fsp3) is 0.333. The van der Waals surface area contributed by atoms with Gasteiger partial charge in [-0.3, -0.25) is 9.48 Å². The molecule has 0 saturated carbocycles. The van der Waals surface area contributed by atoms with Crippen molar-refractivity contribution in [1.29, 1.82) is 0 Å². The molecule has 158 valence electrons. The average Bonchev–Trinajstić information content (AvgIpc) is 3.09. The SMILES string of the molecule is Cc1cc(C)cc(Nc2nccc(-c3cc(C(=O)N4CCNCC4)n(C)n3)n2)c1.Cl. The molecule has 1 aliphatic rings. The van der Waals surface area contributed by atoms with Gasteiger partial charge in [0.15, 0.2) is 0 Å². The highest BCUT2D eigenvalue weighted by Gasteiger charge is 2.22. The Bertz CT molecular complexity index is 1020. The molecule has 0 aliphatic carbocycles. The van der Waals surface area contributed by atoms with Crippen LogP contribution in [0.15, 0.2) is 36.5 Å². The number of hydrogen-bond acceptors (Lipinski definition) is 6. The van der Waals surface area contributed by atoms with Crippen LogP contribution in [-0.2, 0) is 7.05 Å². The number of anilines is 2. The molecule has 3 aromatic rings. The van der Waals surface area contributed by atoms with E-state index in [9.17, 15) is 4.79 Å². The minimum atomic E-state index is -0.00427. The van der Waals surface area contributed by atoms with Crippen LogP contribution < -0.4 is 10.6 Å². The maximum Gasteiger partial charge on any atom is 0.272 e. The smallest absolute Gasteiger partial charge is 0.272 e. The summed E-state index contributed by atoms with van der Waals surface area (Å²) in [7, 11) is 1.79. The quantitative estimate of drug-likeness (QED) is 0.665. The van der Waals surface area contributed by atoms with Gasteiger partial charge in [0.05, 0.1) is 5.69 Å². The number of rotatable bonds is 4. The summed E-state index contributed by atoms with van der Waals surface area (Å²) in [5, 5.41) is 11.0. The van der Waals surface area contributed by atoms with Crippen LogP contribution in [0.2, 0.25) is 0 Å². The molecule has 0 spiro atoms. The van der Waals surface area contributed by atoms with Gasteiger partial charge >= 0.3 is 0 Å². The van der Waals surface area contributed by atoms with E-state index in [-0.39, 0.29) is 18.3 Å². The van der Waals surface area contributed by atoms with Gasteiger partial charge < -0.3 is 15.5 Å². The van der Waals surface area contributed by atoms with E-state index in [1.165, 1.54) is 11.1 Å². The largest absolute Gasteiger partial charge is 0.335 e. The van der Waals surface area contributed by atoms with E-state index >= 15 is 0 Å². The normalized spacial score (nSPS) is 13.6. The molecule has 2 N–H and O–H groups in total. The van der Waals surface area contributed by atoms with Gasteiger partial charge in [0.25, 0.3) is 5.91 Å². The van der Waals surface area contributed by atoms with E-state index in [0.717, 1.165) is 18.8 Å². The fourth-order valence-corrected chi connectivity index (χ4v) is 3.56. The molecule has 1 aromatic carbocycles. The van der Waals surface area contributed by atoms with E-state index < -0.39 is 0 Å². The van der Waals surface area contributed by atoms with Crippen molar-refractivity contribution in [2.45, 2.75) is 13.8 Å². The molecule has 3 heterocycles. The molecular weight excluding hydrogens is 402 g/mol. The second-order valence-electron chi connectivity index (χ2n) is 7.35. The standard InChI is InChI=1S/C21H25N7O.ClH/c1-14-10-15(2)12-16(11-14)24-21-23-5-4-17(25-21)18-13-19(27(3)26-18)20(29)28-8-6-22-7-9-28;/h4-5,10-13,22H,6-9H2,1-3H3,(H,23,24,25);1H. The minimum absolute atomic E-state index is 0. The maximum absolute atomic E-state index is 12.8. The summed E-state index contributed by atoms with van der Waals surface area (Å²) in [5.41, 5.74) is 5.16. The molecule has 1 amide bonds. The van der Waals surface area contributed by atoms with Crippen LogP contribution in [0.25, 0.3) is 11.4 Å². The molecule has 30 heavy (non-hydrogen) atoms. The zero-order valence-corrected chi connectivity index (χ0v) is 18.2. The van der Waals surface area contributed by atoms with Gasteiger partial charge in [-0.05, 0) is 49.2 Å². The van der Waals surface area contributed by atoms with Crippen molar-refractivity contribution in [3.05, 3.63) is 53.3 Å². The fourth-order valence-electron chi connectivity index (χ4n) is 3.56. The first-order valence-electron chi connectivity index (χ1n) is 9.72. The number of nitrogens with zero attached hydrogens (tertiary/aromatic N) is 5. The van der Waals surface area contributed by atoms with Gasteiger partial charge in [0, 0.05) is 45.1 Å². The predicted octanol–water partition coefficient (Wildman–Crippen LogP) is 2.70. The molecule has 0 bridgehead atoms. The highest BCUT2D eigenvalue weighted by molar-refractivity contribution is 5.93. The first-order chi connectivity index (χ1) is 14.0. The Morgan fingerprint density at radius 2 is 1.77 bits per heavy atom. The topological polar surface area (TPSA) is 88.0 Å². The summed E-state index contributed by atoms with van der Waals surface area (Å²) in [6, 6.07) is 9.82. The zero-order chi connectivity index (χ0) is 20.4. The first kappa shape index (κ1) is 21.7. The van der Waals surface area contributed by atoms with E-state index in [4.69, 9.17) is 0 Å². The van der Waals surface area contributed by atoms with Crippen LogP contribution in [-0.4, -0.2) is 56.7 Å². The maximum atomic E-state index is 12.8. The van der Waals surface area contributed by atoms with Crippen LogP contribution in [0.4, 0.5) is 11.6 Å². The van der Waals surface area contributed by atoms with E-state index in [1.54, 1.807) is 30.1 Å². The second-order valence-corrected chi connectivity index (χ2v) is 7.35. The Hall–Kier alpha value is -2.97. The third kappa shape index (κ3) is 4.77. The van der Waals surface area contributed by atoms with Crippen LogP contribution in [0.3, 0.4) is 0 Å². The number of nitrogens with one attached hydrogen (secondary N) is 2. The third-order valence-corrected chi connectivity index (χ3v) is 4.90. The summed E-state index contributed by atoms with van der Waals surface area (Å²) in [6.45, 7) is 7.15. The van der Waals surface area contributed by atoms with Crippen molar-refractivity contribution in [2.75, 3.05) is 31.5 Å². The van der Waals surface area contributed by atoms with Crippen molar-refractivity contribution < 1.29 is 4.79 Å². The third-order valence-electron chi connectivity index (χ3n) is 4.90. The highest BCUT2D eigenvalue weighted by atomic mass is 35.5. The molecule has 4 rings (SSSR count). The van der Waals surface area contributed by atoms with Crippen LogP contribution in [0, 0.1) is 13.8 Å². The number of amides is 1. The Morgan fingerprint density at radius 3 is 2.47 bits per heavy atom. The summed E-state index contributed by atoms with van der Waals surface area (Å²) >= 11 is 0. The van der Waals surface area contributed by atoms with E-state index in [2.05, 4.69) is 45.6 Å². The minimum Gasteiger partial charge on any atom is -0.335 e. The van der Waals surface area contributed by atoms with Crippen molar-refractivity contribution in [3.63, 3.8) is 0 Å². The molecule has 0 radical (unpaired) electrons. The van der Waals surface area contributed by atoms with Crippen LogP contribution in [0.5, 0.6) is 0 Å². The van der Waals surface area contributed by atoms with Gasteiger partial charge in [-0.2, -0.15) is 5.10 Å². The molecule has 2 aromatic heterocycles. The molecular formula is C21H26ClN7O. The van der Waals surface area contributed by atoms with Crippen LogP contribution >= 0.6 is 12.4 Å². The number of halogens is 1. The average molecular weight is 428 g/mol.